The van der Waals surface area contributed by atoms with Crippen molar-refractivity contribution in [1.82, 2.24) is 0 Å². The minimum Gasteiger partial charge on any atom is -0.380 e. The van der Waals surface area contributed by atoms with E-state index >= 15 is 0 Å². The van der Waals surface area contributed by atoms with Gasteiger partial charge in [0.25, 0.3) is 0 Å². The first-order valence-electron chi connectivity index (χ1n) is 6.03. The predicted octanol–water partition coefficient (Wildman–Crippen LogP) is 4.09. The molecule has 4 heteroatoms. The molecule has 1 aromatic carbocycles. The molecule has 0 aromatic heterocycles. The topological polar surface area (TPSA) is 12.0 Å². The Morgan fingerprint density at radius 2 is 1.94 bits per heavy atom. The third kappa shape index (κ3) is 2.40. The molecule has 0 heterocycles. The summed E-state index contributed by atoms with van der Waals surface area (Å²) in [4.78, 5) is 0. The Balaban J connectivity index is 2.16. The molecule has 0 saturated heterocycles. The molecule has 2 atom stereocenters. The van der Waals surface area contributed by atoms with Gasteiger partial charge in [-0.1, -0.05) is 19.8 Å². The smallest absolute Gasteiger partial charge is 0.196 e. The van der Waals surface area contributed by atoms with E-state index in [1.807, 2.05) is 0 Å². The van der Waals surface area contributed by atoms with Gasteiger partial charge in [0.05, 0.1) is 5.69 Å². The minimum absolute atomic E-state index is 0.0641. The van der Waals surface area contributed by atoms with Gasteiger partial charge >= 0.3 is 0 Å². The largest absolute Gasteiger partial charge is 0.380 e. The Bertz CT molecular complexity index is 406. The Morgan fingerprint density at radius 3 is 2.65 bits per heavy atom. The lowest BCUT2D eigenvalue weighted by Gasteiger charge is -2.21. The molecule has 17 heavy (non-hydrogen) atoms. The number of hydrogen-bond acceptors (Lipinski definition) is 1. The van der Waals surface area contributed by atoms with Crippen molar-refractivity contribution < 1.29 is 13.2 Å². The summed E-state index contributed by atoms with van der Waals surface area (Å²) in [7, 11) is 0. The highest BCUT2D eigenvalue weighted by Crippen LogP contribution is 2.31. The van der Waals surface area contributed by atoms with E-state index in [0.29, 0.717) is 5.92 Å². The summed E-state index contributed by atoms with van der Waals surface area (Å²) >= 11 is 0. The lowest BCUT2D eigenvalue weighted by molar-refractivity contribution is 0.444. The van der Waals surface area contributed by atoms with Crippen LogP contribution in [0.15, 0.2) is 12.1 Å². The van der Waals surface area contributed by atoms with Crippen molar-refractivity contribution in [3.8, 4) is 0 Å². The fraction of sp³-hybridized carbons (Fsp3) is 0.538. The molecule has 0 spiro atoms. The number of benzene rings is 1. The summed E-state index contributed by atoms with van der Waals surface area (Å²) in [5, 5.41) is 3.00. The van der Waals surface area contributed by atoms with Gasteiger partial charge in [0.1, 0.15) is 0 Å². The first-order chi connectivity index (χ1) is 8.13. The standard InChI is InChI=1S/C13H16F3N/c1-2-8-4-3-5-10(8)17-11-7-6-9(14)12(15)13(11)16/h6-8,10,17H,2-5H2,1H3. The Labute approximate surface area is 99.0 Å². The quantitative estimate of drug-likeness (QED) is 0.788. The molecule has 0 radical (unpaired) electrons. The predicted molar refractivity (Wildman–Crippen MR) is 61.4 cm³/mol. The molecule has 0 bridgehead atoms. The van der Waals surface area contributed by atoms with Gasteiger partial charge in [-0.3, -0.25) is 0 Å². The Morgan fingerprint density at radius 1 is 1.18 bits per heavy atom. The maximum Gasteiger partial charge on any atom is 0.196 e. The van der Waals surface area contributed by atoms with E-state index in [1.54, 1.807) is 0 Å². The molecule has 1 aromatic rings. The van der Waals surface area contributed by atoms with E-state index in [9.17, 15) is 13.2 Å². The molecule has 0 aliphatic heterocycles. The summed E-state index contributed by atoms with van der Waals surface area (Å²) in [6.45, 7) is 2.09. The van der Waals surface area contributed by atoms with E-state index in [2.05, 4.69) is 12.2 Å². The highest BCUT2D eigenvalue weighted by atomic mass is 19.2. The second-order valence-electron chi connectivity index (χ2n) is 4.57. The second-order valence-corrected chi connectivity index (χ2v) is 4.57. The maximum absolute atomic E-state index is 13.5. The van der Waals surface area contributed by atoms with Crippen molar-refractivity contribution in [2.24, 2.45) is 5.92 Å². The lowest BCUT2D eigenvalue weighted by Crippen LogP contribution is -2.24. The number of nitrogens with one attached hydrogen (secondary N) is 1. The molecule has 2 unspecified atom stereocenters. The number of halogens is 3. The lowest BCUT2D eigenvalue weighted by atomic mass is 10.0. The monoisotopic (exact) mass is 243 g/mol. The van der Waals surface area contributed by atoms with E-state index in [-0.39, 0.29) is 11.7 Å². The minimum atomic E-state index is -1.40. The van der Waals surface area contributed by atoms with Crippen LogP contribution in [0.4, 0.5) is 18.9 Å². The zero-order valence-electron chi connectivity index (χ0n) is 9.77. The van der Waals surface area contributed by atoms with Crippen LogP contribution in [0.25, 0.3) is 0 Å². The van der Waals surface area contributed by atoms with E-state index in [0.717, 1.165) is 31.7 Å². The van der Waals surface area contributed by atoms with E-state index in [4.69, 9.17) is 0 Å². The van der Waals surface area contributed by atoms with Crippen LogP contribution in [0.2, 0.25) is 0 Å². The van der Waals surface area contributed by atoms with Crippen LogP contribution in [-0.2, 0) is 0 Å². The van der Waals surface area contributed by atoms with Crippen LogP contribution in [-0.4, -0.2) is 6.04 Å². The van der Waals surface area contributed by atoms with Crippen LogP contribution < -0.4 is 5.32 Å². The van der Waals surface area contributed by atoms with Crippen LogP contribution in [0.5, 0.6) is 0 Å². The molecular formula is C13H16F3N. The van der Waals surface area contributed by atoms with Gasteiger partial charge in [0.15, 0.2) is 17.5 Å². The first kappa shape index (κ1) is 12.3. The highest BCUT2D eigenvalue weighted by Gasteiger charge is 2.26. The van der Waals surface area contributed by atoms with Crippen molar-refractivity contribution in [2.75, 3.05) is 5.32 Å². The van der Waals surface area contributed by atoms with Gasteiger partial charge in [0.2, 0.25) is 0 Å². The van der Waals surface area contributed by atoms with Crippen LogP contribution in [0, 0.1) is 23.4 Å². The average molecular weight is 243 g/mol. The summed E-state index contributed by atoms with van der Waals surface area (Å²) in [5.74, 6) is -3.18. The Hall–Kier alpha value is -1.19. The molecule has 1 nitrogen and oxygen atoms in total. The average Bonchev–Trinajstić information content (AvgIpc) is 2.77. The molecule has 1 N–H and O–H groups in total. The first-order valence-corrected chi connectivity index (χ1v) is 6.03. The summed E-state index contributed by atoms with van der Waals surface area (Å²) in [6, 6.07) is 2.38. The molecule has 1 saturated carbocycles. The molecule has 1 fully saturated rings. The maximum atomic E-state index is 13.5. The van der Waals surface area contributed by atoms with Crippen molar-refractivity contribution in [1.29, 1.82) is 0 Å². The third-order valence-corrected chi connectivity index (χ3v) is 3.56. The van der Waals surface area contributed by atoms with Crippen LogP contribution in [0.1, 0.15) is 32.6 Å². The molecule has 94 valence electrons. The summed E-state index contributed by atoms with van der Waals surface area (Å²) in [5.41, 5.74) is 0.0641. The SMILES string of the molecule is CCC1CCCC1Nc1ccc(F)c(F)c1F. The van der Waals surface area contributed by atoms with Gasteiger partial charge < -0.3 is 5.32 Å². The van der Waals surface area contributed by atoms with Crippen molar-refractivity contribution >= 4 is 5.69 Å². The number of hydrogen-bond donors (Lipinski definition) is 1. The molecule has 1 aliphatic carbocycles. The van der Waals surface area contributed by atoms with Crippen molar-refractivity contribution in [3.05, 3.63) is 29.6 Å². The fourth-order valence-corrected chi connectivity index (χ4v) is 2.55. The van der Waals surface area contributed by atoms with Crippen molar-refractivity contribution in [2.45, 2.75) is 38.6 Å². The van der Waals surface area contributed by atoms with Crippen LogP contribution in [0.3, 0.4) is 0 Å². The number of anilines is 1. The fourth-order valence-electron chi connectivity index (χ4n) is 2.55. The van der Waals surface area contributed by atoms with Gasteiger partial charge in [-0.05, 0) is 30.9 Å². The number of rotatable bonds is 3. The van der Waals surface area contributed by atoms with Crippen LogP contribution >= 0.6 is 0 Å². The van der Waals surface area contributed by atoms with E-state index in [1.165, 1.54) is 6.07 Å². The zero-order valence-corrected chi connectivity index (χ0v) is 9.77. The van der Waals surface area contributed by atoms with E-state index < -0.39 is 17.5 Å². The second kappa shape index (κ2) is 4.98. The van der Waals surface area contributed by atoms with Gasteiger partial charge in [-0.2, -0.15) is 0 Å². The molecule has 0 amide bonds. The normalized spacial score (nSPS) is 24.0. The van der Waals surface area contributed by atoms with Crippen molar-refractivity contribution in [3.63, 3.8) is 0 Å². The highest BCUT2D eigenvalue weighted by molar-refractivity contribution is 5.46. The van der Waals surface area contributed by atoms with Gasteiger partial charge in [-0.25, -0.2) is 13.2 Å². The van der Waals surface area contributed by atoms with Gasteiger partial charge in [0, 0.05) is 6.04 Å². The third-order valence-electron chi connectivity index (χ3n) is 3.56. The Kier molecular flexibility index (Phi) is 3.60. The summed E-state index contributed by atoms with van der Waals surface area (Å²) in [6.07, 6.45) is 4.18. The van der Waals surface area contributed by atoms with Gasteiger partial charge in [-0.15, -0.1) is 0 Å². The molecular weight excluding hydrogens is 227 g/mol. The summed E-state index contributed by atoms with van der Waals surface area (Å²) < 4.78 is 39.3. The molecule has 1 aliphatic rings. The molecule has 2 rings (SSSR count). The zero-order chi connectivity index (χ0) is 12.4.